The van der Waals surface area contributed by atoms with E-state index in [9.17, 15) is 4.39 Å². The summed E-state index contributed by atoms with van der Waals surface area (Å²) in [7, 11) is 0. The molecule has 0 aliphatic rings. The molecule has 0 saturated heterocycles. The summed E-state index contributed by atoms with van der Waals surface area (Å²) in [5, 5.41) is 3.25. The van der Waals surface area contributed by atoms with Crippen molar-refractivity contribution >= 4 is 0 Å². The topological polar surface area (TPSA) is 30.5 Å². The second-order valence-electron chi connectivity index (χ2n) is 4.70. The van der Waals surface area contributed by atoms with Crippen LogP contribution in [0.15, 0.2) is 18.2 Å². The molecule has 19 heavy (non-hydrogen) atoms. The van der Waals surface area contributed by atoms with Gasteiger partial charge in [-0.1, -0.05) is 19.9 Å². The summed E-state index contributed by atoms with van der Waals surface area (Å²) in [5.41, 5.74) is 0.924. The molecular weight excluding hydrogens is 245 g/mol. The maximum absolute atomic E-state index is 13.8. The van der Waals surface area contributed by atoms with E-state index in [-0.39, 0.29) is 5.82 Å². The third-order valence-corrected chi connectivity index (χ3v) is 2.61. The molecule has 0 spiro atoms. The Bertz CT molecular complexity index is 369. The van der Waals surface area contributed by atoms with Crippen molar-refractivity contribution in [3.05, 3.63) is 29.6 Å². The van der Waals surface area contributed by atoms with Gasteiger partial charge in [-0.05, 0) is 24.6 Å². The third kappa shape index (κ3) is 6.55. The minimum Gasteiger partial charge on any atom is -0.490 e. The summed E-state index contributed by atoms with van der Waals surface area (Å²) in [6, 6.07) is 5.48. The van der Waals surface area contributed by atoms with Gasteiger partial charge in [0.1, 0.15) is 0 Å². The monoisotopic (exact) mass is 269 g/mol. The molecule has 1 rings (SSSR count). The fraction of sp³-hybridized carbons (Fsp3) is 0.600. The lowest BCUT2D eigenvalue weighted by molar-refractivity contribution is 0.130. The zero-order valence-electron chi connectivity index (χ0n) is 12.0. The van der Waals surface area contributed by atoms with Crippen molar-refractivity contribution in [2.45, 2.75) is 39.8 Å². The molecule has 0 aromatic heterocycles. The van der Waals surface area contributed by atoms with Gasteiger partial charge in [-0.25, -0.2) is 4.39 Å². The van der Waals surface area contributed by atoms with Crippen molar-refractivity contribution in [3.63, 3.8) is 0 Å². The van der Waals surface area contributed by atoms with E-state index in [2.05, 4.69) is 19.2 Å². The molecule has 0 heterocycles. The summed E-state index contributed by atoms with van der Waals surface area (Å²) in [6.45, 7) is 8.56. The van der Waals surface area contributed by atoms with Crippen molar-refractivity contribution in [1.82, 2.24) is 5.32 Å². The van der Waals surface area contributed by atoms with Gasteiger partial charge in [-0.2, -0.15) is 0 Å². The van der Waals surface area contributed by atoms with E-state index in [1.807, 2.05) is 13.0 Å². The zero-order valence-corrected chi connectivity index (χ0v) is 12.0. The first-order valence-corrected chi connectivity index (χ1v) is 6.85. The smallest absolute Gasteiger partial charge is 0.165 e. The number of benzene rings is 1. The van der Waals surface area contributed by atoms with Crippen molar-refractivity contribution in [2.24, 2.45) is 0 Å². The van der Waals surface area contributed by atoms with Crippen LogP contribution in [0.5, 0.6) is 5.75 Å². The predicted octanol–water partition coefficient (Wildman–Crippen LogP) is 3.13. The van der Waals surface area contributed by atoms with Gasteiger partial charge in [0, 0.05) is 32.2 Å². The van der Waals surface area contributed by atoms with Crippen molar-refractivity contribution < 1.29 is 13.9 Å². The van der Waals surface area contributed by atoms with Crippen LogP contribution in [0, 0.1) is 5.82 Å². The molecule has 0 unspecified atom stereocenters. The number of ether oxygens (including phenoxy) is 2. The quantitative estimate of drug-likeness (QED) is 0.699. The van der Waals surface area contributed by atoms with Gasteiger partial charge in [0.25, 0.3) is 0 Å². The molecule has 0 aliphatic heterocycles. The highest BCUT2D eigenvalue weighted by molar-refractivity contribution is 5.29. The third-order valence-electron chi connectivity index (χ3n) is 2.61. The molecule has 0 bridgehead atoms. The Morgan fingerprint density at radius 3 is 2.68 bits per heavy atom. The molecule has 1 N–H and O–H groups in total. The molecule has 3 nitrogen and oxygen atoms in total. The van der Waals surface area contributed by atoms with E-state index < -0.39 is 0 Å². The van der Waals surface area contributed by atoms with Gasteiger partial charge >= 0.3 is 0 Å². The molecule has 108 valence electrons. The highest BCUT2D eigenvalue weighted by Crippen LogP contribution is 2.18. The average Bonchev–Trinajstić information content (AvgIpc) is 2.38. The zero-order chi connectivity index (χ0) is 14.1. The lowest BCUT2D eigenvalue weighted by Gasteiger charge is -2.11. The first-order chi connectivity index (χ1) is 9.13. The van der Waals surface area contributed by atoms with E-state index in [0.29, 0.717) is 38.2 Å². The number of halogens is 1. The van der Waals surface area contributed by atoms with Gasteiger partial charge in [-0.3, -0.25) is 0 Å². The summed E-state index contributed by atoms with van der Waals surface area (Å²) in [5.74, 6) is 0.00395. The van der Waals surface area contributed by atoms with Crippen LogP contribution in [0.2, 0.25) is 0 Å². The van der Waals surface area contributed by atoms with Crippen LogP contribution in [-0.2, 0) is 11.3 Å². The van der Waals surface area contributed by atoms with Crippen LogP contribution >= 0.6 is 0 Å². The van der Waals surface area contributed by atoms with E-state index >= 15 is 0 Å². The molecule has 4 heteroatoms. The van der Waals surface area contributed by atoms with Gasteiger partial charge < -0.3 is 14.8 Å². The first-order valence-electron chi connectivity index (χ1n) is 6.85. The molecule has 0 aliphatic carbocycles. The summed E-state index contributed by atoms with van der Waals surface area (Å²) in [4.78, 5) is 0. The standard InChI is InChI=1S/C15H24FNO2/c1-4-18-8-5-9-19-15-7-6-13(10-14(15)16)11-17-12(2)3/h6-7,10,12,17H,4-5,8-9,11H2,1-3H3. The largest absolute Gasteiger partial charge is 0.490 e. The van der Waals surface area contributed by atoms with Crippen LogP contribution in [-0.4, -0.2) is 25.9 Å². The minimum absolute atomic E-state index is 0.306. The Balaban J connectivity index is 2.39. The summed E-state index contributed by atoms with van der Waals surface area (Å²) < 4.78 is 24.3. The molecule has 0 radical (unpaired) electrons. The molecule has 0 fully saturated rings. The van der Waals surface area contributed by atoms with E-state index in [4.69, 9.17) is 9.47 Å². The van der Waals surface area contributed by atoms with E-state index in [1.165, 1.54) is 6.07 Å². The second kappa shape index (κ2) is 8.88. The predicted molar refractivity (Wildman–Crippen MR) is 75.0 cm³/mol. The molecule has 1 aromatic rings. The van der Waals surface area contributed by atoms with Crippen molar-refractivity contribution in [3.8, 4) is 5.75 Å². The Hall–Kier alpha value is -1.13. The minimum atomic E-state index is -0.306. The second-order valence-corrected chi connectivity index (χ2v) is 4.70. The highest BCUT2D eigenvalue weighted by atomic mass is 19.1. The van der Waals surface area contributed by atoms with Gasteiger partial charge in [-0.15, -0.1) is 0 Å². The van der Waals surface area contributed by atoms with E-state index in [0.717, 1.165) is 12.0 Å². The Morgan fingerprint density at radius 2 is 2.05 bits per heavy atom. The van der Waals surface area contributed by atoms with Crippen LogP contribution in [0.3, 0.4) is 0 Å². The van der Waals surface area contributed by atoms with Crippen LogP contribution < -0.4 is 10.1 Å². The van der Waals surface area contributed by atoms with Gasteiger partial charge in [0.05, 0.1) is 6.61 Å². The molecule has 0 amide bonds. The molecule has 1 aromatic carbocycles. The van der Waals surface area contributed by atoms with Gasteiger partial charge in [0.15, 0.2) is 11.6 Å². The fourth-order valence-electron chi connectivity index (χ4n) is 1.58. The summed E-state index contributed by atoms with van der Waals surface area (Å²) >= 11 is 0. The molecule has 0 atom stereocenters. The SMILES string of the molecule is CCOCCCOc1ccc(CNC(C)C)cc1F. The summed E-state index contributed by atoms with van der Waals surface area (Å²) in [6.07, 6.45) is 0.768. The Kier molecular flexibility index (Phi) is 7.45. The normalized spacial score (nSPS) is 11.0. The van der Waals surface area contributed by atoms with Crippen LogP contribution in [0.25, 0.3) is 0 Å². The highest BCUT2D eigenvalue weighted by Gasteiger charge is 2.05. The Morgan fingerprint density at radius 1 is 1.26 bits per heavy atom. The number of nitrogens with one attached hydrogen (secondary N) is 1. The maximum atomic E-state index is 13.8. The van der Waals surface area contributed by atoms with E-state index in [1.54, 1.807) is 6.07 Å². The number of hydrogen-bond acceptors (Lipinski definition) is 3. The van der Waals surface area contributed by atoms with Crippen LogP contribution in [0.1, 0.15) is 32.8 Å². The molecule has 0 saturated carbocycles. The first kappa shape index (κ1) is 15.9. The number of hydrogen-bond donors (Lipinski definition) is 1. The maximum Gasteiger partial charge on any atom is 0.165 e. The number of rotatable bonds is 9. The van der Waals surface area contributed by atoms with Gasteiger partial charge in [0.2, 0.25) is 0 Å². The Labute approximate surface area is 115 Å². The van der Waals surface area contributed by atoms with Crippen LogP contribution in [0.4, 0.5) is 4.39 Å². The fourth-order valence-corrected chi connectivity index (χ4v) is 1.58. The van der Waals surface area contributed by atoms with Crippen molar-refractivity contribution in [1.29, 1.82) is 0 Å². The van der Waals surface area contributed by atoms with Crippen molar-refractivity contribution in [2.75, 3.05) is 19.8 Å². The lowest BCUT2D eigenvalue weighted by Crippen LogP contribution is -2.21. The molecular formula is C15H24FNO2. The lowest BCUT2D eigenvalue weighted by atomic mass is 10.2. The average molecular weight is 269 g/mol.